The topological polar surface area (TPSA) is 80.7 Å². The van der Waals surface area contributed by atoms with Crippen molar-refractivity contribution in [3.63, 3.8) is 0 Å². The number of carboxylic acid groups (broad SMARTS) is 1. The zero-order chi connectivity index (χ0) is 16.0. The molecule has 1 atom stereocenters. The van der Waals surface area contributed by atoms with E-state index in [2.05, 4.69) is 32.9 Å². The minimum atomic E-state index is -1.06. The SMILES string of the molecule is COc1cc(I)ncc1OCC(C)(CC(C)C)NC(=O)O. The minimum absolute atomic E-state index is 0.204. The van der Waals surface area contributed by atoms with Crippen molar-refractivity contribution in [2.24, 2.45) is 5.92 Å². The first-order chi connectivity index (χ1) is 9.75. The maximum Gasteiger partial charge on any atom is 0.405 e. The lowest BCUT2D eigenvalue weighted by molar-refractivity contribution is 0.141. The first-order valence-electron chi connectivity index (χ1n) is 6.59. The molecule has 1 rings (SSSR count). The Morgan fingerprint density at radius 1 is 1.52 bits per heavy atom. The summed E-state index contributed by atoms with van der Waals surface area (Å²) in [5.41, 5.74) is -0.673. The van der Waals surface area contributed by atoms with Crippen LogP contribution in [0.3, 0.4) is 0 Å². The Bertz CT molecular complexity index is 496. The number of pyridine rings is 1. The molecule has 0 aromatic carbocycles. The molecule has 0 aliphatic rings. The normalized spacial score (nSPS) is 13.6. The van der Waals surface area contributed by atoms with Crippen LogP contribution < -0.4 is 14.8 Å². The molecule has 21 heavy (non-hydrogen) atoms. The van der Waals surface area contributed by atoms with Crippen molar-refractivity contribution < 1.29 is 19.4 Å². The van der Waals surface area contributed by atoms with E-state index in [0.29, 0.717) is 23.8 Å². The van der Waals surface area contributed by atoms with E-state index in [1.165, 1.54) is 0 Å². The molecule has 2 N–H and O–H groups in total. The van der Waals surface area contributed by atoms with Crippen molar-refractivity contribution in [2.75, 3.05) is 13.7 Å². The molecule has 1 aromatic heterocycles. The summed E-state index contributed by atoms with van der Waals surface area (Å²) in [6.07, 6.45) is 1.19. The highest BCUT2D eigenvalue weighted by atomic mass is 127. The molecule has 0 fully saturated rings. The number of aromatic nitrogens is 1. The van der Waals surface area contributed by atoms with Crippen LogP contribution in [0.4, 0.5) is 4.79 Å². The van der Waals surface area contributed by atoms with E-state index in [0.717, 1.165) is 3.70 Å². The molecule has 0 radical (unpaired) electrons. The lowest BCUT2D eigenvalue weighted by atomic mass is 9.91. The maximum atomic E-state index is 11.0. The molecule has 6 nitrogen and oxygen atoms in total. The molecule has 0 saturated heterocycles. The van der Waals surface area contributed by atoms with Gasteiger partial charge in [-0.1, -0.05) is 13.8 Å². The molecule has 1 amide bonds. The number of methoxy groups -OCH3 is 1. The Balaban J connectivity index is 2.83. The number of hydrogen-bond acceptors (Lipinski definition) is 4. The van der Waals surface area contributed by atoms with Gasteiger partial charge in [-0.25, -0.2) is 9.78 Å². The van der Waals surface area contributed by atoms with E-state index in [1.807, 2.05) is 20.8 Å². The fourth-order valence-electron chi connectivity index (χ4n) is 2.21. The quantitative estimate of drug-likeness (QED) is 0.535. The molecule has 0 aliphatic heterocycles. The molecule has 0 bridgehead atoms. The number of rotatable bonds is 7. The second-order valence-electron chi connectivity index (χ2n) is 5.54. The predicted octanol–water partition coefficient (Wildman–Crippen LogP) is 3.15. The van der Waals surface area contributed by atoms with Gasteiger partial charge in [0.15, 0.2) is 11.5 Å². The van der Waals surface area contributed by atoms with Gasteiger partial charge in [0.25, 0.3) is 0 Å². The third kappa shape index (κ3) is 5.94. The Morgan fingerprint density at radius 3 is 2.71 bits per heavy atom. The summed E-state index contributed by atoms with van der Waals surface area (Å²) in [6, 6.07) is 1.76. The molecule has 7 heteroatoms. The highest BCUT2D eigenvalue weighted by molar-refractivity contribution is 14.1. The summed E-state index contributed by atoms with van der Waals surface area (Å²) in [7, 11) is 1.56. The number of carbonyl (C=O) groups is 1. The zero-order valence-corrected chi connectivity index (χ0v) is 14.8. The van der Waals surface area contributed by atoms with Crippen molar-refractivity contribution >= 4 is 28.7 Å². The third-order valence-electron chi connectivity index (χ3n) is 2.83. The summed E-state index contributed by atoms with van der Waals surface area (Å²) in [6.45, 7) is 6.10. The van der Waals surface area contributed by atoms with Crippen molar-refractivity contribution in [3.05, 3.63) is 16.0 Å². The summed E-state index contributed by atoms with van der Waals surface area (Å²) in [4.78, 5) is 15.1. The van der Waals surface area contributed by atoms with Gasteiger partial charge in [0.2, 0.25) is 0 Å². The third-order valence-corrected chi connectivity index (χ3v) is 3.42. The molecule has 0 aliphatic carbocycles. The smallest absolute Gasteiger partial charge is 0.405 e. The molecule has 118 valence electrons. The van der Waals surface area contributed by atoms with Gasteiger partial charge < -0.3 is 19.9 Å². The second kappa shape index (κ2) is 7.67. The Labute approximate surface area is 138 Å². The molecular weight excluding hydrogens is 387 g/mol. The van der Waals surface area contributed by atoms with Crippen molar-refractivity contribution in [1.29, 1.82) is 0 Å². The number of nitrogens with zero attached hydrogens (tertiary/aromatic N) is 1. The van der Waals surface area contributed by atoms with E-state index in [-0.39, 0.29) is 6.61 Å². The number of nitrogens with one attached hydrogen (secondary N) is 1. The van der Waals surface area contributed by atoms with Gasteiger partial charge >= 0.3 is 6.09 Å². The number of ether oxygens (including phenoxy) is 2. The van der Waals surface area contributed by atoms with E-state index in [9.17, 15) is 4.79 Å². The summed E-state index contributed by atoms with van der Waals surface area (Å²) >= 11 is 2.09. The van der Waals surface area contributed by atoms with Gasteiger partial charge in [0, 0.05) is 6.07 Å². The van der Waals surface area contributed by atoms with Crippen LogP contribution in [0, 0.1) is 9.62 Å². The lowest BCUT2D eigenvalue weighted by Gasteiger charge is -2.31. The standard InChI is InChI=1S/C14H21IN2O4/c1-9(2)6-14(3,17-13(18)19)8-21-11-7-16-12(15)5-10(11)20-4/h5,7,9,17H,6,8H2,1-4H3,(H,18,19). The molecule has 1 unspecified atom stereocenters. The average molecular weight is 408 g/mol. The fourth-order valence-corrected chi connectivity index (χ4v) is 2.63. The lowest BCUT2D eigenvalue weighted by Crippen LogP contribution is -2.50. The van der Waals surface area contributed by atoms with E-state index >= 15 is 0 Å². The Kier molecular flexibility index (Phi) is 6.50. The summed E-state index contributed by atoms with van der Waals surface area (Å²) < 4.78 is 11.8. The highest BCUT2D eigenvalue weighted by Gasteiger charge is 2.29. The molecule has 0 saturated carbocycles. The van der Waals surface area contributed by atoms with Gasteiger partial charge in [-0.15, -0.1) is 0 Å². The van der Waals surface area contributed by atoms with Gasteiger partial charge in [-0.3, -0.25) is 0 Å². The van der Waals surface area contributed by atoms with Gasteiger partial charge in [0.1, 0.15) is 10.3 Å². The number of amides is 1. The van der Waals surface area contributed by atoms with E-state index in [1.54, 1.807) is 19.4 Å². The first kappa shape index (κ1) is 17.8. The van der Waals surface area contributed by atoms with Crippen molar-refractivity contribution in [1.82, 2.24) is 10.3 Å². The van der Waals surface area contributed by atoms with Crippen LogP contribution in [0.1, 0.15) is 27.2 Å². The largest absolute Gasteiger partial charge is 0.493 e. The van der Waals surface area contributed by atoms with Crippen LogP contribution in [-0.4, -0.2) is 35.4 Å². The predicted molar refractivity (Wildman–Crippen MR) is 88.0 cm³/mol. The molecular formula is C14H21IN2O4. The average Bonchev–Trinajstić information content (AvgIpc) is 2.35. The fraction of sp³-hybridized carbons (Fsp3) is 0.571. The molecule has 0 spiro atoms. The van der Waals surface area contributed by atoms with Crippen LogP contribution >= 0.6 is 22.6 Å². The van der Waals surface area contributed by atoms with Gasteiger partial charge in [0.05, 0.1) is 18.8 Å². The number of halogens is 1. The second-order valence-corrected chi connectivity index (χ2v) is 6.64. The maximum absolute atomic E-state index is 11.0. The molecule has 1 heterocycles. The van der Waals surface area contributed by atoms with Crippen molar-refractivity contribution in [2.45, 2.75) is 32.7 Å². The first-order valence-corrected chi connectivity index (χ1v) is 7.67. The highest BCUT2D eigenvalue weighted by Crippen LogP contribution is 2.28. The Hall–Kier alpha value is -1.25. The minimum Gasteiger partial charge on any atom is -0.493 e. The summed E-state index contributed by atoms with van der Waals surface area (Å²) in [5.74, 6) is 1.42. The van der Waals surface area contributed by atoms with E-state index < -0.39 is 11.6 Å². The van der Waals surface area contributed by atoms with Crippen LogP contribution in [-0.2, 0) is 0 Å². The van der Waals surface area contributed by atoms with Crippen LogP contribution in [0.2, 0.25) is 0 Å². The van der Waals surface area contributed by atoms with Crippen molar-refractivity contribution in [3.8, 4) is 11.5 Å². The Morgan fingerprint density at radius 2 is 2.19 bits per heavy atom. The molecule has 1 aromatic rings. The van der Waals surface area contributed by atoms with Gasteiger partial charge in [-0.2, -0.15) is 0 Å². The van der Waals surface area contributed by atoms with Crippen LogP contribution in [0.25, 0.3) is 0 Å². The summed E-state index contributed by atoms with van der Waals surface area (Å²) in [5, 5.41) is 11.5. The van der Waals surface area contributed by atoms with Crippen LogP contribution in [0.5, 0.6) is 11.5 Å². The van der Waals surface area contributed by atoms with Crippen LogP contribution in [0.15, 0.2) is 12.3 Å². The van der Waals surface area contributed by atoms with E-state index in [4.69, 9.17) is 14.6 Å². The zero-order valence-electron chi connectivity index (χ0n) is 12.6. The number of hydrogen-bond donors (Lipinski definition) is 2. The monoisotopic (exact) mass is 408 g/mol. The van der Waals surface area contributed by atoms with Gasteiger partial charge in [-0.05, 0) is 41.9 Å².